The van der Waals surface area contributed by atoms with E-state index in [1.54, 1.807) is 36.4 Å². The van der Waals surface area contributed by atoms with Crippen molar-refractivity contribution >= 4 is 10.9 Å². The zero-order chi connectivity index (χ0) is 26.2. The molecule has 3 aromatic carbocycles. The van der Waals surface area contributed by atoms with Gasteiger partial charge in [-0.05, 0) is 73.3 Å². The minimum Gasteiger partial charge on any atom is -0.508 e. The molecule has 0 bridgehead atoms. The van der Waals surface area contributed by atoms with E-state index >= 15 is 0 Å². The van der Waals surface area contributed by atoms with Crippen molar-refractivity contribution in [3.8, 4) is 28.3 Å². The number of halogens is 3. The van der Waals surface area contributed by atoms with Gasteiger partial charge < -0.3 is 10.0 Å². The molecule has 1 aromatic heterocycles. The Balaban J connectivity index is 1.70. The number of aromatic nitrogens is 2. The van der Waals surface area contributed by atoms with Crippen molar-refractivity contribution in [2.75, 3.05) is 19.6 Å². The van der Waals surface area contributed by atoms with E-state index in [0.717, 1.165) is 44.1 Å². The molecule has 0 spiro atoms. The number of phenols is 1. The number of phenolic OH excluding ortho intramolecular Hbond substituents is 1. The van der Waals surface area contributed by atoms with E-state index in [-0.39, 0.29) is 35.2 Å². The topological polar surface area (TPSA) is 58.4 Å². The van der Waals surface area contributed by atoms with Crippen LogP contribution in [0.1, 0.15) is 25.3 Å². The number of fused-ring (bicyclic) bond motifs is 1. The Morgan fingerprint density at radius 3 is 2.57 bits per heavy atom. The molecular formula is C29H28F3N3O2. The Labute approximate surface area is 212 Å². The number of aromatic hydroxyl groups is 1. The molecule has 1 N–H and O–H groups in total. The second-order valence-electron chi connectivity index (χ2n) is 9.58. The highest BCUT2D eigenvalue weighted by atomic mass is 19.4. The lowest BCUT2D eigenvalue weighted by Crippen LogP contribution is -2.38. The molecule has 1 unspecified atom stereocenters. The van der Waals surface area contributed by atoms with E-state index in [9.17, 15) is 23.1 Å². The fourth-order valence-corrected chi connectivity index (χ4v) is 5.23. The molecule has 4 aromatic rings. The van der Waals surface area contributed by atoms with Gasteiger partial charge >= 0.3 is 6.18 Å². The minimum atomic E-state index is -4.59. The third-order valence-corrected chi connectivity index (χ3v) is 7.10. The molecule has 0 saturated carbocycles. The normalized spacial score (nSPS) is 16.8. The maximum atomic E-state index is 14.0. The van der Waals surface area contributed by atoms with Gasteiger partial charge in [-0.15, -0.1) is 0 Å². The van der Waals surface area contributed by atoms with Crippen molar-refractivity contribution in [1.82, 2.24) is 14.5 Å². The van der Waals surface area contributed by atoms with Crippen molar-refractivity contribution < 1.29 is 18.3 Å². The first-order chi connectivity index (χ1) is 17.7. The second kappa shape index (κ2) is 10.0. The quantitative estimate of drug-likeness (QED) is 0.350. The second-order valence-corrected chi connectivity index (χ2v) is 9.58. The standard InChI is InChI=1S/C29H28F3N3O2/c1-2-34-14-6-7-19(17-34)18-35-27(23-10-3-4-11-25(23)29(30,31)32)33-26-13-12-21(16-24(26)28(35)37)20-8-5-9-22(36)15-20/h3-5,8-13,15-16,19,36H,2,6-7,14,17-18H2,1H3. The third-order valence-electron chi connectivity index (χ3n) is 7.10. The summed E-state index contributed by atoms with van der Waals surface area (Å²) >= 11 is 0. The van der Waals surface area contributed by atoms with E-state index in [1.165, 1.54) is 22.8 Å². The van der Waals surface area contributed by atoms with E-state index in [4.69, 9.17) is 0 Å². The molecular weight excluding hydrogens is 479 g/mol. The average molecular weight is 508 g/mol. The molecule has 37 heavy (non-hydrogen) atoms. The lowest BCUT2D eigenvalue weighted by Gasteiger charge is -2.32. The Bertz CT molecular complexity index is 1500. The zero-order valence-electron chi connectivity index (χ0n) is 20.5. The molecule has 8 heteroatoms. The van der Waals surface area contributed by atoms with Crippen molar-refractivity contribution in [3.63, 3.8) is 0 Å². The summed E-state index contributed by atoms with van der Waals surface area (Å²) in [6, 6.07) is 17.1. The molecule has 5 nitrogen and oxygen atoms in total. The lowest BCUT2D eigenvalue weighted by molar-refractivity contribution is -0.137. The van der Waals surface area contributed by atoms with Gasteiger partial charge in [0.2, 0.25) is 0 Å². The smallest absolute Gasteiger partial charge is 0.417 e. The van der Waals surface area contributed by atoms with Gasteiger partial charge in [0.15, 0.2) is 0 Å². The van der Waals surface area contributed by atoms with Crippen molar-refractivity contribution in [1.29, 1.82) is 0 Å². The maximum absolute atomic E-state index is 14.0. The number of piperidine rings is 1. The van der Waals surface area contributed by atoms with Crippen LogP contribution in [0.15, 0.2) is 71.5 Å². The highest BCUT2D eigenvalue weighted by Gasteiger charge is 2.35. The van der Waals surface area contributed by atoms with Gasteiger partial charge in [-0.2, -0.15) is 13.2 Å². The molecule has 1 saturated heterocycles. The predicted molar refractivity (Wildman–Crippen MR) is 138 cm³/mol. The summed E-state index contributed by atoms with van der Waals surface area (Å²) in [5, 5.41) is 10.2. The number of nitrogens with zero attached hydrogens (tertiary/aromatic N) is 3. The van der Waals surface area contributed by atoms with Crippen LogP contribution < -0.4 is 5.56 Å². The summed E-state index contributed by atoms with van der Waals surface area (Å²) < 4.78 is 43.3. The fourth-order valence-electron chi connectivity index (χ4n) is 5.23. The summed E-state index contributed by atoms with van der Waals surface area (Å²) in [7, 11) is 0. The third kappa shape index (κ3) is 5.11. The van der Waals surface area contributed by atoms with Crippen LogP contribution in [0.4, 0.5) is 13.2 Å². The summed E-state index contributed by atoms with van der Waals surface area (Å²) in [5.74, 6) is 0.255. The van der Waals surface area contributed by atoms with E-state index < -0.39 is 11.7 Å². The Morgan fingerprint density at radius 2 is 1.81 bits per heavy atom. The Hall–Kier alpha value is -3.65. The van der Waals surface area contributed by atoms with E-state index in [1.807, 2.05) is 6.07 Å². The van der Waals surface area contributed by atoms with Crippen LogP contribution in [0.3, 0.4) is 0 Å². The monoisotopic (exact) mass is 507 g/mol. The van der Waals surface area contributed by atoms with Crippen LogP contribution in [-0.4, -0.2) is 39.2 Å². The average Bonchev–Trinajstić information content (AvgIpc) is 2.89. The van der Waals surface area contributed by atoms with Gasteiger partial charge in [-0.25, -0.2) is 4.98 Å². The molecule has 1 fully saturated rings. The highest BCUT2D eigenvalue weighted by Crippen LogP contribution is 2.37. The summed E-state index contributed by atoms with van der Waals surface area (Å²) in [4.78, 5) is 20.9. The summed E-state index contributed by atoms with van der Waals surface area (Å²) in [6.07, 6.45) is -2.72. The molecule has 0 radical (unpaired) electrons. The number of rotatable bonds is 5. The molecule has 5 rings (SSSR count). The molecule has 1 aliphatic rings. The molecule has 1 atom stereocenters. The van der Waals surface area contributed by atoms with E-state index in [2.05, 4.69) is 16.8 Å². The van der Waals surface area contributed by atoms with Gasteiger partial charge in [-0.3, -0.25) is 9.36 Å². The highest BCUT2D eigenvalue weighted by molar-refractivity contribution is 5.85. The minimum absolute atomic E-state index is 0.0316. The van der Waals surface area contributed by atoms with Crippen LogP contribution in [0.5, 0.6) is 5.75 Å². The van der Waals surface area contributed by atoms with Crippen molar-refractivity contribution in [2.24, 2.45) is 5.92 Å². The van der Waals surface area contributed by atoms with Crippen LogP contribution in [0.25, 0.3) is 33.4 Å². The van der Waals surface area contributed by atoms with Gasteiger partial charge in [0.05, 0.1) is 16.5 Å². The predicted octanol–water partition coefficient (Wildman–Crippen LogP) is 6.19. The van der Waals surface area contributed by atoms with Crippen molar-refractivity contribution in [2.45, 2.75) is 32.5 Å². The van der Waals surface area contributed by atoms with Crippen molar-refractivity contribution in [3.05, 3.63) is 82.6 Å². The van der Waals surface area contributed by atoms with Crippen LogP contribution in [-0.2, 0) is 12.7 Å². The van der Waals surface area contributed by atoms with Crippen LogP contribution in [0, 0.1) is 5.92 Å². The Morgan fingerprint density at radius 1 is 1.03 bits per heavy atom. The first-order valence-electron chi connectivity index (χ1n) is 12.5. The molecule has 192 valence electrons. The summed E-state index contributed by atoms with van der Waals surface area (Å²) in [5.41, 5.74) is 0.486. The van der Waals surface area contributed by atoms with Gasteiger partial charge in [-0.1, -0.05) is 43.3 Å². The number of hydrogen-bond acceptors (Lipinski definition) is 4. The largest absolute Gasteiger partial charge is 0.508 e. The summed E-state index contributed by atoms with van der Waals surface area (Å²) in [6.45, 7) is 5.02. The Kier molecular flexibility index (Phi) is 6.77. The lowest BCUT2D eigenvalue weighted by atomic mass is 9.97. The van der Waals surface area contributed by atoms with Gasteiger partial charge in [0, 0.05) is 18.7 Å². The molecule has 0 amide bonds. The van der Waals surface area contributed by atoms with Gasteiger partial charge in [0.1, 0.15) is 11.6 Å². The number of benzene rings is 3. The number of hydrogen-bond donors (Lipinski definition) is 1. The first-order valence-corrected chi connectivity index (χ1v) is 12.5. The maximum Gasteiger partial charge on any atom is 0.417 e. The first kappa shape index (κ1) is 25.0. The van der Waals surface area contributed by atoms with Crippen LogP contribution in [0.2, 0.25) is 0 Å². The zero-order valence-corrected chi connectivity index (χ0v) is 20.5. The van der Waals surface area contributed by atoms with Gasteiger partial charge in [0.25, 0.3) is 5.56 Å². The SMILES string of the molecule is CCN1CCCC(Cn2c(-c3ccccc3C(F)(F)F)nc3ccc(-c4cccc(O)c4)cc3c2=O)C1. The number of likely N-dealkylation sites (tertiary alicyclic amines) is 1. The molecule has 2 heterocycles. The number of alkyl halides is 3. The molecule has 0 aliphatic carbocycles. The fraction of sp³-hybridized carbons (Fsp3) is 0.310. The van der Waals surface area contributed by atoms with Crippen LogP contribution >= 0.6 is 0 Å². The van der Waals surface area contributed by atoms with E-state index in [0.29, 0.717) is 16.5 Å². The molecule has 1 aliphatic heterocycles.